The summed E-state index contributed by atoms with van der Waals surface area (Å²) in [4.78, 5) is 0. The predicted molar refractivity (Wildman–Crippen MR) is 83.2 cm³/mol. The monoisotopic (exact) mass is 273 g/mol. The second kappa shape index (κ2) is 6.73. The third kappa shape index (κ3) is 3.71. The molecular weight excluding hydrogens is 250 g/mol. The van der Waals surface area contributed by atoms with Crippen LogP contribution in [-0.4, -0.2) is 29.9 Å². The van der Waals surface area contributed by atoms with E-state index in [9.17, 15) is 5.11 Å². The highest BCUT2D eigenvalue weighted by atomic mass is 16.5. The summed E-state index contributed by atoms with van der Waals surface area (Å²) in [5.41, 5.74) is 0. The molecule has 0 saturated heterocycles. The number of fused-ring (bicyclic) bond motifs is 1. The Morgan fingerprint density at radius 2 is 1.75 bits per heavy atom. The molecule has 0 aliphatic heterocycles. The van der Waals surface area contributed by atoms with Crippen molar-refractivity contribution < 1.29 is 9.84 Å². The van der Waals surface area contributed by atoms with Gasteiger partial charge in [-0.25, -0.2) is 0 Å². The Labute approximate surface area is 120 Å². The molecule has 0 spiro atoms. The van der Waals surface area contributed by atoms with Crippen LogP contribution in [0.2, 0.25) is 0 Å². The summed E-state index contributed by atoms with van der Waals surface area (Å²) >= 11 is 0. The third-order valence-electron chi connectivity index (χ3n) is 3.29. The minimum absolute atomic E-state index is 0.261. The van der Waals surface area contributed by atoms with Gasteiger partial charge in [0.2, 0.25) is 0 Å². The van der Waals surface area contributed by atoms with E-state index in [1.807, 2.05) is 30.3 Å². The molecule has 0 radical (unpaired) electrons. The summed E-state index contributed by atoms with van der Waals surface area (Å²) in [6.07, 6.45) is -0.788. The maximum absolute atomic E-state index is 9.89. The molecule has 3 nitrogen and oxygen atoms in total. The molecule has 108 valence electrons. The van der Waals surface area contributed by atoms with Crippen LogP contribution >= 0.6 is 0 Å². The van der Waals surface area contributed by atoms with E-state index in [0.29, 0.717) is 12.6 Å². The Hall–Kier alpha value is -1.58. The topological polar surface area (TPSA) is 41.5 Å². The van der Waals surface area contributed by atoms with E-state index >= 15 is 0 Å². The van der Waals surface area contributed by atoms with Crippen LogP contribution in [0.5, 0.6) is 5.75 Å². The van der Waals surface area contributed by atoms with Crippen molar-refractivity contribution in [1.29, 1.82) is 0 Å². The third-order valence-corrected chi connectivity index (χ3v) is 3.29. The van der Waals surface area contributed by atoms with Crippen molar-refractivity contribution in [2.24, 2.45) is 0 Å². The van der Waals surface area contributed by atoms with E-state index in [-0.39, 0.29) is 6.10 Å². The zero-order valence-electron chi connectivity index (χ0n) is 12.3. The number of aliphatic hydroxyl groups is 1. The molecule has 2 aromatic rings. The Bertz CT molecular complexity index is 546. The van der Waals surface area contributed by atoms with Gasteiger partial charge in [-0.3, -0.25) is 0 Å². The van der Waals surface area contributed by atoms with E-state index in [4.69, 9.17) is 4.74 Å². The van der Waals surface area contributed by atoms with E-state index in [1.165, 1.54) is 0 Å². The minimum Gasteiger partial charge on any atom is -0.486 e. The lowest BCUT2D eigenvalue weighted by atomic mass is 10.1. The Morgan fingerprint density at radius 1 is 1.05 bits per heavy atom. The van der Waals surface area contributed by atoms with Gasteiger partial charge < -0.3 is 15.2 Å². The van der Waals surface area contributed by atoms with E-state index in [1.54, 1.807) is 6.92 Å². The second-order valence-corrected chi connectivity index (χ2v) is 5.44. The van der Waals surface area contributed by atoms with Gasteiger partial charge in [-0.05, 0) is 18.4 Å². The average molecular weight is 273 g/mol. The van der Waals surface area contributed by atoms with Crippen LogP contribution in [0.3, 0.4) is 0 Å². The highest BCUT2D eigenvalue weighted by Crippen LogP contribution is 2.26. The average Bonchev–Trinajstić information content (AvgIpc) is 2.43. The molecule has 2 unspecified atom stereocenters. The number of hydrogen-bond acceptors (Lipinski definition) is 3. The van der Waals surface area contributed by atoms with Crippen molar-refractivity contribution in [3.05, 3.63) is 42.5 Å². The largest absolute Gasteiger partial charge is 0.486 e. The molecule has 0 bridgehead atoms. The lowest BCUT2D eigenvalue weighted by molar-refractivity contribution is 0.0487. The molecule has 0 aliphatic rings. The van der Waals surface area contributed by atoms with Gasteiger partial charge in [-0.15, -0.1) is 0 Å². The Balaban J connectivity index is 2.20. The van der Waals surface area contributed by atoms with E-state index in [0.717, 1.165) is 16.5 Å². The second-order valence-electron chi connectivity index (χ2n) is 5.44. The molecule has 0 saturated carbocycles. The van der Waals surface area contributed by atoms with Gasteiger partial charge in [0.15, 0.2) is 0 Å². The Morgan fingerprint density at radius 3 is 2.45 bits per heavy atom. The van der Waals surface area contributed by atoms with Gasteiger partial charge in [-0.2, -0.15) is 0 Å². The standard InChI is InChI=1S/C17H23NO2/c1-12(2)18-11-17(13(3)19)20-16-10-6-8-14-7-4-5-9-15(14)16/h4-10,12-13,17-19H,11H2,1-3H3. The molecular formula is C17H23NO2. The summed E-state index contributed by atoms with van der Waals surface area (Å²) in [5, 5.41) is 15.4. The predicted octanol–water partition coefficient (Wildman–Crippen LogP) is 2.97. The molecule has 2 aromatic carbocycles. The number of aliphatic hydroxyl groups excluding tert-OH is 1. The first kappa shape index (κ1) is 14.8. The van der Waals surface area contributed by atoms with Crippen molar-refractivity contribution in [2.75, 3.05) is 6.54 Å². The molecule has 2 rings (SSSR count). The number of hydrogen-bond donors (Lipinski definition) is 2. The van der Waals surface area contributed by atoms with Gasteiger partial charge in [0, 0.05) is 18.0 Å². The van der Waals surface area contributed by atoms with Gasteiger partial charge in [0.05, 0.1) is 6.10 Å². The van der Waals surface area contributed by atoms with Crippen LogP contribution in [0, 0.1) is 0 Å². The lowest BCUT2D eigenvalue weighted by Crippen LogP contribution is -2.41. The SMILES string of the molecule is CC(C)NCC(Oc1cccc2ccccc12)C(C)O. The van der Waals surface area contributed by atoms with Crippen LogP contribution in [-0.2, 0) is 0 Å². The number of rotatable bonds is 6. The van der Waals surface area contributed by atoms with Crippen LogP contribution in [0.25, 0.3) is 10.8 Å². The first-order chi connectivity index (χ1) is 9.58. The summed E-state index contributed by atoms with van der Waals surface area (Å²) in [7, 11) is 0. The highest BCUT2D eigenvalue weighted by Gasteiger charge is 2.18. The summed E-state index contributed by atoms with van der Waals surface area (Å²) in [6, 6.07) is 14.5. The molecule has 0 fully saturated rings. The summed E-state index contributed by atoms with van der Waals surface area (Å²) in [6.45, 7) is 6.55. The van der Waals surface area contributed by atoms with Crippen LogP contribution < -0.4 is 10.1 Å². The first-order valence-corrected chi connectivity index (χ1v) is 7.14. The maximum atomic E-state index is 9.89. The fourth-order valence-electron chi connectivity index (χ4n) is 2.12. The number of ether oxygens (including phenoxy) is 1. The van der Waals surface area contributed by atoms with Crippen LogP contribution in [0.1, 0.15) is 20.8 Å². The number of benzene rings is 2. The molecule has 3 heteroatoms. The summed E-state index contributed by atoms with van der Waals surface area (Å²) in [5.74, 6) is 0.819. The van der Waals surface area contributed by atoms with Gasteiger partial charge in [0.1, 0.15) is 11.9 Å². The van der Waals surface area contributed by atoms with Crippen molar-refractivity contribution in [1.82, 2.24) is 5.32 Å². The van der Waals surface area contributed by atoms with Crippen molar-refractivity contribution >= 4 is 10.8 Å². The molecule has 0 heterocycles. The quantitative estimate of drug-likeness (QED) is 0.850. The highest BCUT2D eigenvalue weighted by molar-refractivity contribution is 5.88. The summed E-state index contributed by atoms with van der Waals surface area (Å²) < 4.78 is 6.03. The molecule has 2 N–H and O–H groups in total. The smallest absolute Gasteiger partial charge is 0.137 e. The molecule has 0 amide bonds. The zero-order valence-corrected chi connectivity index (χ0v) is 12.3. The van der Waals surface area contributed by atoms with Crippen LogP contribution in [0.15, 0.2) is 42.5 Å². The lowest BCUT2D eigenvalue weighted by Gasteiger charge is -2.24. The first-order valence-electron chi connectivity index (χ1n) is 7.14. The van der Waals surface area contributed by atoms with Gasteiger partial charge in [0.25, 0.3) is 0 Å². The molecule has 2 atom stereocenters. The van der Waals surface area contributed by atoms with Crippen molar-refractivity contribution in [3.63, 3.8) is 0 Å². The normalized spacial score (nSPS) is 14.4. The fraction of sp³-hybridized carbons (Fsp3) is 0.412. The van der Waals surface area contributed by atoms with Gasteiger partial charge in [-0.1, -0.05) is 50.2 Å². The van der Waals surface area contributed by atoms with Gasteiger partial charge >= 0.3 is 0 Å². The molecule has 20 heavy (non-hydrogen) atoms. The van der Waals surface area contributed by atoms with Crippen molar-refractivity contribution in [3.8, 4) is 5.75 Å². The minimum atomic E-state index is -0.528. The number of nitrogens with one attached hydrogen (secondary N) is 1. The Kier molecular flexibility index (Phi) is 4.99. The fourth-order valence-corrected chi connectivity index (χ4v) is 2.12. The van der Waals surface area contributed by atoms with E-state index < -0.39 is 6.10 Å². The molecule has 0 aliphatic carbocycles. The zero-order chi connectivity index (χ0) is 14.5. The van der Waals surface area contributed by atoms with Crippen LogP contribution in [0.4, 0.5) is 0 Å². The maximum Gasteiger partial charge on any atom is 0.137 e. The van der Waals surface area contributed by atoms with E-state index in [2.05, 4.69) is 31.3 Å². The van der Waals surface area contributed by atoms with Crippen molar-refractivity contribution in [2.45, 2.75) is 39.0 Å². The molecule has 0 aromatic heterocycles.